The Labute approximate surface area is 64.6 Å². The van der Waals surface area contributed by atoms with E-state index in [9.17, 15) is 9.59 Å². The molecule has 0 heterocycles. The molecule has 0 fully saturated rings. The van der Waals surface area contributed by atoms with E-state index in [4.69, 9.17) is 10.2 Å². The van der Waals surface area contributed by atoms with Crippen LogP contribution in [0, 0.1) is 0 Å². The summed E-state index contributed by atoms with van der Waals surface area (Å²) in [7, 11) is 0. The van der Waals surface area contributed by atoms with Crippen LogP contribution in [0.5, 0.6) is 0 Å². The fourth-order valence-corrected chi connectivity index (χ4v) is 0.0747. The van der Waals surface area contributed by atoms with Crippen LogP contribution in [0.4, 0.5) is 9.59 Å². The topological polar surface area (TPSA) is 83.8 Å². The summed E-state index contributed by atoms with van der Waals surface area (Å²) in [5, 5.41) is 15.0. The molecule has 5 heteroatoms. The van der Waals surface area contributed by atoms with Gasteiger partial charge < -0.3 is 14.9 Å². The van der Waals surface area contributed by atoms with Crippen molar-refractivity contribution in [3.8, 4) is 0 Å². The van der Waals surface area contributed by atoms with Gasteiger partial charge in [0.15, 0.2) is 0 Å². The maximum atomic E-state index is 9.21. The lowest BCUT2D eigenvalue weighted by Crippen LogP contribution is -2.05. The van der Waals surface area contributed by atoms with Crippen LogP contribution < -0.4 is 0 Å². The van der Waals surface area contributed by atoms with Crippen LogP contribution in [0.1, 0.15) is 26.7 Å². The van der Waals surface area contributed by atoms with Gasteiger partial charge in [0.1, 0.15) is 0 Å². The Balaban J connectivity index is 0. The first kappa shape index (κ1) is 12.4. The van der Waals surface area contributed by atoms with E-state index in [1.54, 1.807) is 0 Å². The second-order valence-corrected chi connectivity index (χ2v) is 1.63. The number of carboxylic acid groups (broad SMARTS) is 2. The minimum Gasteiger partial charge on any atom is -0.449 e. The first-order chi connectivity index (χ1) is 5.04. The molecule has 0 aromatic heterocycles. The van der Waals surface area contributed by atoms with Crippen LogP contribution in [0.2, 0.25) is 0 Å². The number of unbranched alkanes of at least 4 members (excludes halogenated alkanes) is 1. The van der Waals surface area contributed by atoms with Gasteiger partial charge in [-0.05, 0) is 0 Å². The Morgan fingerprint density at radius 1 is 1.09 bits per heavy atom. The van der Waals surface area contributed by atoms with Crippen molar-refractivity contribution < 1.29 is 24.5 Å². The molecule has 0 aromatic rings. The van der Waals surface area contributed by atoms with E-state index in [1.807, 2.05) is 0 Å². The second-order valence-electron chi connectivity index (χ2n) is 1.63. The molecule has 5 nitrogen and oxygen atoms in total. The lowest BCUT2D eigenvalue weighted by molar-refractivity contribution is 0.0802. The van der Waals surface area contributed by atoms with Crippen molar-refractivity contribution in [3.63, 3.8) is 0 Å². The lowest BCUT2D eigenvalue weighted by Gasteiger charge is -1.84. The van der Waals surface area contributed by atoms with Crippen LogP contribution >= 0.6 is 0 Å². The van der Waals surface area contributed by atoms with Crippen LogP contribution in [0.25, 0.3) is 0 Å². The molecule has 0 saturated carbocycles. The van der Waals surface area contributed by atoms with E-state index >= 15 is 0 Å². The van der Waals surface area contributed by atoms with Gasteiger partial charge in [-0.2, -0.15) is 0 Å². The average Bonchev–Trinajstić information content (AvgIpc) is 1.85. The third-order valence-corrected chi connectivity index (χ3v) is 0.675. The van der Waals surface area contributed by atoms with Gasteiger partial charge >= 0.3 is 12.3 Å². The zero-order valence-corrected chi connectivity index (χ0v) is 6.53. The molecule has 0 unspecified atom stereocenters. The van der Waals surface area contributed by atoms with Gasteiger partial charge in [-0.1, -0.05) is 26.7 Å². The zero-order valence-electron chi connectivity index (χ0n) is 6.53. The second kappa shape index (κ2) is 8.74. The molecule has 2 N–H and O–H groups in total. The molecule has 0 aliphatic carbocycles. The maximum Gasteiger partial charge on any atom is 0.516 e. The highest BCUT2D eigenvalue weighted by Crippen LogP contribution is 1.76. The molecular formula is C6H12O5. The highest BCUT2D eigenvalue weighted by molar-refractivity contribution is 5.74. The molecule has 0 aromatic carbocycles. The summed E-state index contributed by atoms with van der Waals surface area (Å²) in [5.74, 6) is 0. The Morgan fingerprint density at radius 3 is 1.36 bits per heavy atom. The van der Waals surface area contributed by atoms with Gasteiger partial charge in [-0.15, -0.1) is 0 Å². The maximum absolute atomic E-state index is 9.21. The van der Waals surface area contributed by atoms with Crippen molar-refractivity contribution in [2.45, 2.75) is 26.7 Å². The first-order valence-electron chi connectivity index (χ1n) is 3.18. The van der Waals surface area contributed by atoms with E-state index in [1.165, 1.54) is 12.8 Å². The Morgan fingerprint density at radius 2 is 1.36 bits per heavy atom. The van der Waals surface area contributed by atoms with Gasteiger partial charge in [-0.3, -0.25) is 0 Å². The molecule has 0 amide bonds. The first-order valence-corrected chi connectivity index (χ1v) is 3.18. The molecular weight excluding hydrogens is 152 g/mol. The highest BCUT2D eigenvalue weighted by atomic mass is 16.7. The number of hydrogen-bond acceptors (Lipinski definition) is 3. The smallest absolute Gasteiger partial charge is 0.449 e. The van der Waals surface area contributed by atoms with E-state index in [0.717, 1.165) is 0 Å². The number of rotatable bonds is 1. The van der Waals surface area contributed by atoms with Crippen molar-refractivity contribution in [2.24, 2.45) is 0 Å². The van der Waals surface area contributed by atoms with E-state index in [2.05, 4.69) is 18.6 Å². The van der Waals surface area contributed by atoms with Gasteiger partial charge in [0, 0.05) is 0 Å². The Hall–Kier alpha value is -1.26. The summed E-state index contributed by atoms with van der Waals surface area (Å²) >= 11 is 0. The third-order valence-electron chi connectivity index (χ3n) is 0.675. The van der Waals surface area contributed by atoms with Crippen molar-refractivity contribution in [1.29, 1.82) is 0 Å². The number of carbonyl (C=O) groups is 2. The molecule has 11 heavy (non-hydrogen) atoms. The standard InChI is InChI=1S/C4H10.C2H2O5/c1-3-4-2;3-1(4)7-2(5)6/h3-4H2,1-2H3;(H,3,4)(H,5,6). The summed E-state index contributed by atoms with van der Waals surface area (Å²) in [4.78, 5) is 18.4. The molecule has 0 aliphatic heterocycles. The van der Waals surface area contributed by atoms with Crippen molar-refractivity contribution in [2.75, 3.05) is 0 Å². The summed E-state index contributed by atoms with van der Waals surface area (Å²) in [6.07, 6.45) is -0.986. The predicted octanol–water partition coefficient (Wildman–Crippen LogP) is 2.17. The van der Waals surface area contributed by atoms with E-state index < -0.39 is 12.3 Å². The quantitative estimate of drug-likeness (QED) is 0.458. The monoisotopic (exact) mass is 164 g/mol. The fourth-order valence-electron chi connectivity index (χ4n) is 0.0747. The van der Waals surface area contributed by atoms with Crippen molar-refractivity contribution in [1.82, 2.24) is 0 Å². The van der Waals surface area contributed by atoms with Crippen LogP contribution in [0.15, 0.2) is 0 Å². The number of ether oxygens (including phenoxy) is 1. The number of hydrogen-bond donors (Lipinski definition) is 2. The predicted molar refractivity (Wildman–Crippen MR) is 37.7 cm³/mol. The minimum atomic E-state index is -1.81. The van der Waals surface area contributed by atoms with Crippen LogP contribution in [0.3, 0.4) is 0 Å². The lowest BCUT2D eigenvalue weighted by atomic mass is 10.4. The molecule has 0 aliphatic rings. The minimum absolute atomic E-state index is 1.32. The normalized spacial score (nSPS) is 7.45. The Bertz CT molecular complexity index is 106. The molecule has 0 bridgehead atoms. The van der Waals surface area contributed by atoms with E-state index in [0.29, 0.717) is 0 Å². The van der Waals surface area contributed by atoms with Gasteiger partial charge in [0.2, 0.25) is 0 Å². The average molecular weight is 164 g/mol. The SMILES string of the molecule is CCCC.O=C(O)OC(=O)O. The summed E-state index contributed by atoms with van der Waals surface area (Å²) in [6.45, 7) is 4.36. The fraction of sp³-hybridized carbons (Fsp3) is 0.667. The summed E-state index contributed by atoms with van der Waals surface area (Å²) < 4.78 is 3.08. The highest BCUT2D eigenvalue weighted by Gasteiger charge is 2.01. The zero-order chi connectivity index (χ0) is 9.28. The molecule has 0 saturated heterocycles. The molecule has 0 rings (SSSR count). The molecule has 66 valence electrons. The van der Waals surface area contributed by atoms with Gasteiger partial charge in [-0.25, -0.2) is 9.59 Å². The molecule has 0 spiro atoms. The van der Waals surface area contributed by atoms with Crippen LogP contribution in [-0.2, 0) is 4.74 Å². The summed E-state index contributed by atoms with van der Waals surface area (Å²) in [5.41, 5.74) is 0. The van der Waals surface area contributed by atoms with Crippen LogP contribution in [-0.4, -0.2) is 22.5 Å². The van der Waals surface area contributed by atoms with Crippen molar-refractivity contribution in [3.05, 3.63) is 0 Å². The third kappa shape index (κ3) is 28.4. The molecule has 0 atom stereocenters. The molecule has 0 radical (unpaired) electrons. The van der Waals surface area contributed by atoms with Gasteiger partial charge in [0.05, 0.1) is 0 Å². The Kier molecular flexibility index (Phi) is 9.87. The van der Waals surface area contributed by atoms with Crippen molar-refractivity contribution >= 4 is 12.3 Å². The largest absolute Gasteiger partial charge is 0.516 e. The summed E-state index contributed by atoms with van der Waals surface area (Å²) in [6, 6.07) is 0. The van der Waals surface area contributed by atoms with Gasteiger partial charge in [0.25, 0.3) is 0 Å². The van der Waals surface area contributed by atoms with E-state index in [-0.39, 0.29) is 0 Å².